The minimum absolute atomic E-state index is 0.128. The van der Waals surface area contributed by atoms with Crippen LogP contribution in [0, 0.1) is 11.3 Å². The number of aromatic amines is 1. The third-order valence-electron chi connectivity index (χ3n) is 5.15. The molecule has 128 valence electrons. The Kier molecular flexibility index (Phi) is 3.96. The Morgan fingerprint density at radius 3 is 3.04 bits per heavy atom. The minimum atomic E-state index is -0.128. The normalized spacial score (nSPS) is 21.8. The Labute approximate surface area is 141 Å². The average Bonchev–Trinajstić information content (AvgIpc) is 3.03. The zero-order valence-electron chi connectivity index (χ0n) is 14.1. The van der Waals surface area contributed by atoms with Crippen LogP contribution in [-0.4, -0.2) is 30.7 Å². The molecule has 1 amide bonds. The molecule has 1 aliphatic carbocycles. The Morgan fingerprint density at radius 1 is 1.42 bits per heavy atom. The summed E-state index contributed by atoms with van der Waals surface area (Å²) in [5.41, 5.74) is 1.93. The molecule has 0 radical (unpaired) electrons. The van der Waals surface area contributed by atoms with Crippen LogP contribution < -0.4 is 10.1 Å². The van der Waals surface area contributed by atoms with E-state index < -0.39 is 0 Å². The molecule has 24 heavy (non-hydrogen) atoms. The monoisotopic (exact) mass is 328 g/mol. The summed E-state index contributed by atoms with van der Waals surface area (Å²) in [5, 5.41) is 4.16. The van der Waals surface area contributed by atoms with Crippen LogP contribution in [0.25, 0.3) is 10.9 Å². The zero-order chi connectivity index (χ0) is 16.6. The lowest BCUT2D eigenvalue weighted by Gasteiger charge is -2.10. The van der Waals surface area contributed by atoms with Gasteiger partial charge in [0, 0.05) is 35.2 Å². The Morgan fingerprint density at radius 2 is 2.29 bits per heavy atom. The molecule has 1 aromatic heterocycles. The van der Waals surface area contributed by atoms with Crippen LogP contribution in [0.3, 0.4) is 0 Å². The number of hydrogen-bond donors (Lipinski definition) is 2. The van der Waals surface area contributed by atoms with Gasteiger partial charge in [0.25, 0.3) is 0 Å². The van der Waals surface area contributed by atoms with Crippen LogP contribution in [0.5, 0.6) is 5.75 Å². The van der Waals surface area contributed by atoms with Gasteiger partial charge in [-0.15, -0.1) is 0 Å². The van der Waals surface area contributed by atoms with E-state index >= 15 is 0 Å². The summed E-state index contributed by atoms with van der Waals surface area (Å²) in [6.07, 6.45) is 3.07. The standard InChI is InChI=1S/C19H24N2O3/c1-19(5-6-19)18(22)20-10-15-8-14-2-3-16(9-17(14)21-15)24-12-13-4-7-23-11-13/h2-3,8-9,13,21H,4-7,10-12H2,1H3,(H,20,22). The number of rotatable bonds is 6. The maximum Gasteiger partial charge on any atom is 0.226 e. The summed E-state index contributed by atoms with van der Waals surface area (Å²) >= 11 is 0. The maximum absolute atomic E-state index is 12.0. The Balaban J connectivity index is 1.38. The second-order valence-corrected chi connectivity index (χ2v) is 7.33. The summed E-state index contributed by atoms with van der Waals surface area (Å²) in [6.45, 7) is 4.91. The van der Waals surface area contributed by atoms with Crippen molar-refractivity contribution in [3.05, 3.63) is 30.0 Å². The molecule has 1 atom stereocenters. The number of nitrogens with one attached hydrogen (secondary N) is 2. The van der Waals surface area contributed by atoms with E-state index in [4.69, 9.17) is 9.47 Å². The van der Waals surface area contributed by atoms with Crippen molar-refractivity contribution in [2.75, 3.05) is 19.8 Å². The van der Waals surface area contributed by atoms with Crippen LogP contribution in [0.1, 0.15) is 31.9 Å². The lowest BCUT2D eigenvalue weighted by atomic mass is 10.1. The van der Waals surface area contributed by atoms with Crippen molar-refractivity contribution in [1.82, 2.24) is 10.3 Å². The first-order valence-electron chi connectivity index (χ1n) is 8.73. The fraction of sp³-hybridized carbons (Fsp3) is 0.526. The minimum Gasteiger partial charge on any atom is -0.493 e. The third kappa shape index (κ3) is 3.26. The molecule has 2 heterocycles. The molecular formula is C19H24N2O3. The number of aromatic nitrogens is 1. The van der Waals surface area contributed by atoms with E-state index in [0.717, 1.165) is 54.8 Å². The van der Waals surface area contributed by atoms with Crippen LogP contribution in [-0.2, 0) is 16.1 Å². The topological polar surface area (TPSA) is 63.4 Å². The number of fused-ring (bicyclic) bond motifs is 1. The van der Waals surface area contributed by atoms with Crippen molar-refractivity contribution in [3.63, 3.8) is 0 Å². The van der Waals surface area contributed by atoms with Gasteiger partial charge in [0.05, 0.1) is 19.8 Å². The molecule has 1 aromatic carbocycles. The molecule has 1 unspecified atom stereocenters. The van der Waals surface area contributed by atoms with Crippen LogP contribution in [0.2, 0.25) is 0 Å². The predicted molar refractivity (Wildman–Crippen MR) is 91.9 cm³/mol. The van der Waals surface area contributed by atoms with Gasteiger partial charge in [0.2, 0.25) is 5.91 Å². The van der Waals surface area contributed by atoms with E-state index in [1.165, 1.54) is 0 Å². The summed E-state index contributed by atoms with van der Waals surface area (Å²) in [4.78, 5) is 15.4. The van der Waals surface area contributed by atoms with Gasteiger partial charge in [-0.05, 0) is 42.8 Å². The molecule has 0 spiro atoms. The highest BCUT2D eigenvalue weighted by molar-refractivity contribution is 5.85. The predicted octanol–water partition coefficient (Wildman–Crippen LogP) is 3.00. The molecule has 2 aromatic rings. The van der Waals surface area contributed by atoms with Gasteiger partial charge in [-0.2, -0.15) is 0 Å². The lowest BCUT2D eigenvalue weighted by Crippen LogP contribution is -2.29. The molecule has 2 fully saturated rings. The second-order valence-electron chi connectivity index (χ2n) is 7.33. The number of hydrogen-bond acceptors (Lipinski definition) is 3. The van der Waals surface area contributed by atoms with Gasteiger partial charge in [-0.1, -0.05) is 6.92 Å². The molecule has 1 saturated heterocycles. The SMILES string of the molecule is CC1(C(=O)NCc2cc3ccc(OCC4CCOC4)cc3[nH]2)CC1. The Bertz CT molecular complexity index is 742. The average molecular weight is 328 g/mol. The van der Waals surface area contributed by atoms with Crippen molar-refractivity contribution in [2.24, 2.45) is 11.3 Å². The molecule has 4 rings (SSSR count). The molecular weight excluding hydrogens is 304 g/mol. The zero-order valence-corrected chi connectivity index (χ0v) is 14.1. The summed E-state index contributed by atoms with van der Waals surface area (Å²) in [6, 6.07) is 8.16. The second kappa shape index (κ2) is 6.13. The first kappa shape index (κ1) is 15.5. The first-order chi connectivity index (χ1) is 11.6. The summed E-state index contributed by atoms with van der Waals surface area (Å²) in [5.74, 6) is 1.53. The molecule has 1 saturated carbocycles. The van der Waals surface area contributed by atoms with Gasteiger partial charge >= 0.3 is 0 Å². The van der Waals surface area contributed by atoms with Crippen LogP contribution in [0.15, 0.2) is 24.3 Å². The molecule has 1 aliphatic heterocycles. The van der Waals surface area contributed by atoms with E-state index in [-0.39, 0.29) is 11.3 Å². The molecule has 5 heteroatoms. The van der Waals surface area contributed by atoms with Gasteiger partial charge in [0.15, 0.2) is 0 Å². The first-order valence-corrected chi connectivity index (χ1v) is 8.73. The largest absolute Gasteiger partial charge is 0.493 e. The quantitative estimate of drug-likeness (QED) is 0.857. The van der Waals surface area contributed by atoms with Crippen LogP contribution in [0.4, 0.5) is 0 Å². The molecule has 0 bridgehead atoms. The van der Waals surface area contributed by atoms with E-state index in [9.17, 15) is 4.79 Å². The van der Waals surface area contributed by atoms with Gasteiger partial charge in [0.1, 0.15) is 5.75 Å². The smallest absolute Gasteiger partial charge is 0.226 e. The van der Waals surface area contributed by atoms with E-state index in [0.29, 0.717) is 19.1 Å². The number of benzene rings is 1. The van der Waals surface area contributed by atoms with Crippen molar-refractivity contribution in [3.8, 4) is 5.75 Å². The van der Waals surface area contributed by atoms with Gasteiger partial charge in [-0.25, -0.2) is 0 Å². The van der Waals surface area contributed by atoms with E-state index in [1.54, 1.807) is 0 Å². The molecule has 5 nitrogen and oxygen atoms in total. The number of ether oxygens (including phenoxy) is 2. The van der Waals surface area contributed by atoms with E-state index in [2.05, 4.69) is 22.4 Å². The summed E-state index contributed by atoms with van der Waals surface area (Å²) < 4.78 is 11.3. The Hall–Kier alpha value is -2.01. The number of carbonyl (C=O) groups excluding carboxylic acids is 1. The fourth-order valence-electron chi connectivity index (χ4n) is 3.08. The maximum atomic E-state index is 12.0. The highest BCUT2D eigenvalue weighted by Gasteiger charge is 2.44. The number of amides is 1. The number of carbonyl (C=O) groups is 1. The van der Waals surface area contributed by atoms with Gasteiger partial charge in [-0.3, -0.25) is 4.79 Å². The lowest BCUT2D eigenvalue weighted by molar-refractivity contribution is -0.125. The molecule has 2 N–H and O–H groups in total. The molecule has 2 aliphatic rings. The van der Waals surface area contributed by atoms with Crippen molar-refractivity contribution >= 4 is 16.8 Å². The van der Waals surface area contributed by atoms with Crippen molar-refractivity contribution < 1.29 is 14.3 Å². The third-order valence-corrected chi connectivity index (χ3v) is 5.15. The number of H-pyrrole nitrogens is 1. The van der Waals surface area contributed by atoms with Crippen molar-refractivity contribution in [2.45, 2.75) is 32.7 Å². The highest BCUT2D eigenvalue weighted by Crippen LogP contribution is 2.45. The van der Waals surface area contributed by atoms with Gasteiger partial charge < -0.3 is 19.8 Å². The van der Waals surface area contributed by atoms with E-state index in [1.807, 2.05) is 19.1 Å². The fourth-order valence-corrected chi connectivity index (χ4v) is 3.08. The summed E-state index contributed by atoms with van der Waals surface area (Å²) in [7, 11) is 0. The van der Waals surface area contributed by atoms with Crippen LogP contribution >= 0.6 is 0 Å². The van der Waals surface area contributed by atoms with Crippen molar-refractivity contribution in [1.29, 1.82) is 0 Å². The highest BCUT2D eigenvalue weighted by atomic mass is 16.5.